The lowest BCUT2D eigenvalue weighted by molar-refractivity contribution is -0.132. The predicted molar refractivity (Wildman–Crippen MR) is 87.2 cm³/mol. The number of hydrogen-bond acceptors (Lipinski definition) is 1. The molecular weight excluding hydrogens is 314 g/mol. The van der Waals surface area contributed by atoms with Crippen LogP contribution in [0.15, 0.2) is 24.3 Å². The fourth-order valence-corrected chi connectivity index (χ4v) is 3.94. The zero-order valence-electron chi connectivity index (χ0n) is 12.4. The number of alkyl halides is 1. The Morgan fingerprint density at radius 2 is 2.00 bits per heavy atom. The maximum atomic E-state index is 12.4. The second-order valence-corrected chi connectivity index (χ2v) is 6.98. The largest absolute Gasteiger partial charge is 0.342 e. The van der Waals surface area contributed by atoms with Crippen molar-refractivity contribution in [2.24, 2.45) is 0 Å². The standard InChI is InChI=1S/C17H24BrNO/c1-13-7-3-4-8-14(13)11-12-17(20)19(2)16-10-6-5-9-15(16)18/h3-4,7-8,15-16H,5-6,9-12H2,1-2H3. The van der Waals surface area contributed by atoms with Gasteiger partial charge in [0.1, 0.15) is 0 Å². The van der Waals surface area contributed by atoms with Gasteiger partial charge in [0, 0.05) is 24.3 Å². The molecule has 2 atom stereocenters. The first kappa shape index (κ1) is 15.6. The highest BCUT2D eigenvalue weighted by Crippen LogP contribution is 2.28. The molecule has 110 valence electrons. The molecule has 0 spiro atoms. The van der Waals surface area contributed by atoms with E-state index in [0.717, 1.165) is 12.8 Å². The van der Waals surface area contributed by atoms with Gasteiger partial charge in [0.15, 0.2) is 0 Å². The zero-order chi connectivity index (χ0) is 14.5. The second kappa shape index (κ2) is 7.26. The van der Waals surface area contributed by atoms with Crippen molar-refractivity contribution in [3.8, 4) is 0 Å². The number of halogens is 1. The third-order valence-electron chi connectivity index (χ3n) is 4.41. The summed E-state index contributed by atoms with van der Waals surface area (Å²) in [6.45, 7) is 2.11. The summed E-state index contributed by atoms with van der Waals surface area (Å²) in [4.78, 5) is 14.8. The van der Waals surface area contributed by atoms with Gasteiger partial charge in [-0.1, -0.05) is 53.0 Å². The van der Waals surface area contributed by atoms with Crippen molar-refractivity contribution in [2.45, 2.75) is 56.3 Å². The normalized spacial score (nSPS) is 22.6. The van der Waals surface area contributed by atoms with Crippen molar-refractivity contribution in [3.05, 3.63) is 35.4 Å². The molecule has 0 N–H and O–H groups in total. The van der Waals surface area contributed by atoms with Crippen molar-refractivity contribution in [1.29, 1.82) is 0 Å². The van der Waals surface area contributed by atoms with Gasteiger partial charge in [-0.3, -0.25) is 4.79 Å². The molecule has 1 fully saturated rings. The molecule has 1 aliphatic rings. The van der Waals surface area contributed by atoms with Crippen molar-refractivity contribution in [2.75, 3.05) is 7.05 Å². The number of carbonyl (C=O) groups excluding carboxylic acids is 1. The van der Waals surface area contributed by atoms with Crippen LogP contribution in [-0.4, -0.2) is 28.7 Å². The summed E-state index contributed by atoms with van der Waals surface area (Å²) in [5.41, 5.74) is 2.56. The molecule has 0 aliphatic heterocycles. The Morgan fingerprint density at radius 1 is 1.30 bits per heavy atom. The third kappa shape index (κ3) is 3.85. The molecule has 2 rings (SSSR count). The van der Waals surface area contributed by atoms with Gasteiger partial charge in [0.2, 0.25) is 5.91 Å². The van der Waals surface area contributed by atoms with Crippen LogP contribution in [0.2, 0.25) is 0 Å². The van der Waals surface area contributed by atoms with Crippen molar-refractivity contribution in [1.82, 2.24) is 4.90 Å². The van der Waals surface area contributed by atoms with Crippen molar-refractivity contribution >= 4 is 21.8 Å². The number of rotatable bonds is 4. The summed E-state index contributed by atoms with van der Waals surface area (Å²) in [7, 11) is 1.96. The number of hydrogen-bond donors (Lipinski definition) is 0. The molecule has 2 unspecified atom stereocenters. The first-order valence-electron chi connectivity index (χ1n) is 7.54. The minimum atomic E-state index is 0.268. The first-order chi connectivity index (χ1) is 9.59. The van der Waals surface area contributed by atoms with Crippen LogP contribution < -0.4 is 0 Å². The predicted octanol–water partition coefficient (Wildman–Crippen LogP) is 4.09. The fraction of sp³-hybridized carbons (Fsp3) is 0.588. The lowest BCUT2D eigenvalue weighted by Gasteiger charge is -2.35. The van der Waals surface area contributed by atoms with Gasteiger partial charge in [-0.05, 0) is 37.3 Å². The van der Waals surface area contributed by atoms with Crippen LogP contribution in [0.5, 0.6) is 0 Å². The number of amides is 1. The van der Waals surface area contributed by atoms with Crippen LogP contribution in [-0.2, 0) is 11.2 Å². The highest BCUT2D eigenvalue weighted by Gasteiger charge is 2.28. The molecule has 3 heteroatoms. The quantitative estimate of drug-likeness (QED) is 0.757. The van der Waals surface area contributed by atoms with E-state index in [1.165, 1.54) is 30.4 Å². The smallest absolute Gasteiger partial charge is 0.222 e. The Hall–Kier alpha value is -0.830. The Kier molecular flexibility index (Phi) is 5.64. The lowest BCUT2D eigenvalue weighted by atomic mass is 9.94. The summed E-state index contributed by atoms with van der Waals surface area (Å²) in [6.07, 6.45) is 6.27. The van der Waals surface area contributed by atoms with E-state index in [2.05, 4.69) is 35.0 Å². The summed E-state index contributed by atoms with van der Waals surface area (Å²) in [6, 6.07) is 8.69. The van der Waals surface area contributed by atoms with E-state index >= 15 is 0 Å². The molecule has 0 bridgehead atoms. The highest BCUT2D eigenvalue weighted by molar-refractivity contribution is 9.09. The SMILES string of the molecule is Cc1ccccc1CCC(=O)N(C)C1CCCCC1Br. The Bertz CT molecular complexity index is 460. The Labute approximate surface area is 130 Å². The minimum absolute atomic E-state index is 0.268. The molecule has 0 heterocycles. The lowest BCUT2D eigenvalue weighted by Crippen LogP contribution is -2.44. The molecule has 1 aromatic rings. The van der Waals surface area contributed by atoms with Crippen LogP contribution in [0, 0.1) is 6.92 Å². The van der Waals surface area contributed by atoms with Crippen molar-refractivity contribution in [3.63, 3.8) is 0 Å². The van der Waals surface area contributed by atoms with Gasteiger partial charge < -0.3 is 4.90 Å². The Morgan fingerprint density at radius 3 is 2.70 bits per heavy atom. The monoisotopic (exact) mass is 337 g/mol. The van der Waals surface area contributed by atoms with Crippen LogP contribution in [0.1, 0.15) is 43.2 Å². The van der Waals surface area contributed by atoms with E-state index in [9.17, 15) is 4.79 Å². The van der Waals surface area contributed by atoms with E-state index < -0.39 is 0 Å². The molecule has 0 aromatic heterocycles. The van der Waals surface area contributed by atoms with Gasteiger partial charge >= 0.3 is 0 Å². The number of nitrogens with zero attached hydrogens (tertiary/aromatic N) is 1. The number of carbonyl (C=O) groups is 1. The fourth-order valence-electron chi connectivity index (χ4n) is 3.00. The van der Waals surface area contributed by atoms with Crippen LogP contribution in [0.25, 0.3) is 0 Å². The van der Waals surface area contributed by atoms with Gasteiger partial charge in [-0.25, -0.2) is 0 Å². The molecule has 1 amide bonds. The summed E-state index contributed by atoms with van der Waals surface area (Å²) >= 11 is 3.74. The molecule has 1 saturated carbocycles. The van der Waals surface area contributed by atoms with Crippen LogP contribution in [0.4, 0.5) is 0 Å². The zero-order valence-corrected chi connectivity index (χ0v) is 14.0. The minimum Gasteiger partial charge on any atom is -0.342 e. The maximum absolute atomic E-state index is 12.4. The molecule has 0 saturated heterocycles. The molecule has 0 radical (unpaired) electrons. The van der Waals surface area contributed by atoms with E-state index in [0.29, 0.717) is 17.3 Å². The number of benzene rings is 1. The Balaban J connectivity index is 1.89. The average Bonchev–Trinajstić information content (AvgIpc) is 2.46. The van der Waals surface area contributed by atoms with Crippen LogP contribution in [0.3, 0.4) is 0 Å². The molecular formula is C17H24BrNO. The van der Waals surface area contributed by atoms with Gasteiger partial charge in [0.25, 0.3) is 0 Å². The number of aryl methyl sites for hydroxylation is 2. The van der Waals surface area contributed by atoms with E-state index in [1.54, 1.807) is 0 Å². The van der Waals surface area contributed by atoms with Gasteiger partial charge in [-0.15, -0.1) is 0 Å². The van der Waals surface area contributed by atoms with Crippen LogP contribution >= 0.6 is 15.9 Å². The van der Waals surface area contributed by atoms with E-state index in [4.69, 9.17) is 0 Å². The topological polar surface area (TPSA) is 20.3 Å². The highest BCUT2D eigenvalue weighted by atomic mass is 79.9. The van der Waals surface area contributed by atoms with Gasteiger partial charge in [0.05, 0.1) is 0 Å². The third-order valence-corrected chi connectivity index (χ3v) is 5.48. The maximum Gasteiger partial charge on any atom is 0.222 e. The van der Waals surface area contributed by atoms with E-state index in [-0.39, 0.29) is 5.91 Å². The summed E-state index contributed by atoms with van der Waals surface area (Å²) in [5.74, 6) is 0.268. The van der Waals surface area contributed by atoms with Crippen molar-refractivity contribution < 1.29 is 4.79 Å². The second-order valence-electron chi connectivity index (χ2n) is 5.80. The summed E-state index contributed by atoms with van der Waals surface area (Å²) < 4.78 is 0. The average molecular weight is 338 g/mol. The molecule has 20 heavy (non-hydrogen) atoms. The van der Waals surface area contributed by atoms with Gasteiger partial charge in [-0.2, -0.15) is 0 Å². The molecule has 1 aromatic carbocycles. The summed E-state index contributed by atoms with van der Waals surface area (Å²) in [5, 5.41) is 0. The molecule has 2 nitrogen and oxygen atoms in total. The first-order valence-corrected chi connectivity index (χ1v) is 8.45. The van der Waals surface area contributed by atoms with E-state index in [1.807, 2.05) is 24.1 Å². The molecule has 1 aliphatic carbocycles.